The fraction of sp³-hybridized carbons (Fsp3) is 0.333. The van der Waals surface area contributed by atoms with Crippen molar-refractivity contribution < 1.29 is 4.39 Å². The minimum absolute atomic E-state index is 0.00750. The maximum Gasteiger partial charge on any atom is 0.126 e. The van der Waals surface area contributed by atoms with Gasteiger partial charge in [0.25, 0.3) is 0 Å². The van der Waals surface area contributed by atoms with E-state index in [2.05, 4.69) is 0 Å². The number of benzene rings is 1. The summed E-state index contributed by atoms with van der Waals surface area (Å²) in [5, 5.41) is -0.00750. The average Bonchev–Trinajstić information content (AvgIpc) is 1.93. The van der Waals surface area contributed by atoms with Crippen molar-refractivity contribution in [2.75, 3.05) is 0 Å². The van der Waals surface area contributed by atoms with E-state index < -0.39 is 0 Å². The Morgan fingerprint density at radius 2 is 2.09 bits per heavy atom. The van der Waals surface area contributed by atoms with E-state index in [0.717, 1.165) is 0 Å². The summed E-state index contributed by atoms with van der Waals surface area (Å²) in [5.41, 5.74) is 0.690. The molecule has 0 radical (unpaired) electrons. The maximum atomic E-state index is 12.9. The highest BCUT2D eigenvalue weighted by Gasteiger charge is 2.03. The number of hydrogen-bond donors (Lipinski definition) is 0. The molecule has 0 amide bonds. The molecule has 0 aliphatic carbocycles. The summed E-state index contributed by atoms with van der Waals surface area (Å²) in [6.45, 7) is 1.86. The van der Waals surface area contributed by atoms with Crippen LogP contribution in [-0.2, 0) is 6.42 Å². The molecule has 0 aliphatic rings. The van der Waals surface area contributed by atoms with Crippen molar-refractivity contribution in [3.8, 4) is 0 Å². The first-order chi connectivity index (χ1) is 5.20. The van der Waals surface area contributed by atoms with E-state index in [1.54, 1.807) is 12.1 Å². The monoisotopic (exact) mass is 172 g/mol. The molecule has 0 saturated heterocycles. The summed E-state index contributed by atoms with van der Waals surface area (Å²) in [7, 11) is 0. The van der Waals surface area contributed by atoms with E-state index in [0.29, 0.717) is 12.0 Å². The van der Waals surface area contributed by atoms with Crippen molar-refractivity contribution >= 4 is 11.6 Å². The molecule has 1 unspecified atom stereocenters. The molecule has 0 nitrogen and oxygen atoms in total. The smallest absolute Gasteiger partial charge is 0.126 e. The highest BCUT2D eigenvalue weighted by Crippen LogP contribution is 2.11. The Kier molecular flexibility index (Phi) is 2.89. The largest absolute Gasteiger partial charge is 0.207 e. The van der Waals surface area contributed by atoms with Crippen LogP contribution in [0.1, 0.15) is 12.5 Å². The molecular formula is C9H10ClF. The Morgan fingerprint density at radius 1 is 1.45 bits per heavy atom. The Labute approximate surface area is 71.0 Å². The van der Waals surface area contributed by atoms with Crippen LogP contribution in [-0.4, -0.2) is 5.38 Å². The third kappa shape index (κ3) is 2.51. The van der Waals surface area contributed by atoms with Crippen LogP contribution < -0.4 is 0 Å². The Morgan fingerprint density at radius 3 is 2.64 bits per heavy atom. The maximum absolute atomic E-state index is 12.9. The Hall–Kier alpha value is -0.560. The molecule has 2 heteroatoms. The van der Waals surface area contributed by atoms with E-state index in [1.807, 2.05) is 13.0 Å². The van der Waals surface area contributed by atoms with Gasteiger partial charge in [-0.15, -0.1) is 11.6 Å². The third-order valence-electron chi connectivity index (χ3n) is 1.46. The molecular weight excluding hydrogens is 163 g/mol. The van der Waals surface area contributed by atoms with Gasteiger partial charge < -0.3 is 0 Å². The minimum atomic E-state index is -0.167. The summed E-state index contributed by atoms with van der Waals surface area (Å²) < 4.78 is 12.9. The van der Waals surface area contributed by atoms with Crippen LogP contribution in [0.2, 0.25) is 0 Å². The van der Waals surface area contributed by atoms with Gasteiger partial charge >= 0.3 is 0 Å². The average molecular weight is 173 g/mol. The lowest BCUT2D eigenvalue weighted by Crippen LogP contribution is -1.99. The minimum Gasteiger partial charge on any atom is -0.207 e. The Bertz CT molecular complexity index is 233. The summed E-state index contributed by atoms with van der Waals surface area (Å²) in [4.78, 5) is 0. The number of rotatable bonds is 2. The van der Waals surface area contributed by atoms with Crippen LogP contribution in [0, 0.1) is 5.82 Å². The molecule has 0 N–H and O–H groups in total. The zero-order chi connectivity index (χ0) is 8.27. The van der Waals surface area contributed by atoms with Crippen molar-refractivity contribution in [3.63, 3.8) is 0 Å². The van der Waals surface area contributed by atoms with Crippen molar-refractivity contribution in [2.45, 2.75) is 18.7 Å². The molecule has 11 heavy (non-hydrogen) atoms. The molecule has 0 fully saturated rings. The summed E-state index contributed by atoms with van der Waals surface area (Å²) in [6, 6.07) is 6.71. The molecule has 60 valence electrons. The molecule has 1 rings (SSSR count). The second kappa shape index (κ2) is 3.72. The number of hydrogen-bond acceptors (Lipinski definition) is 0. The van der Waals surface area contributed by atoms with Gasteiger partial charge in [0.2, 0.25) is 0 Å². The lowest BCUT2D eigenvalue weighted by atomic mass is 10.1. The predicted molar refractivity (Wildman–Crippen MR) is 45.4 cm³/mol. The van der Waals surface area contributed by atoms with Gasteiger partial charge in [-0.05, 0) is 25.0 Å². The highest BCUT2D eigenvalue weighted by atomic mass is 35.5. The quantitative estimate of drug-likeness (QED) is 0.602. The van der Waals surface area contributed by atoms with Crippen molar-refractivity contribution in [1.29, 1.82) is 0 Å². The standard InChI is InChI=1S/C9H10ClF/c1-7(10)6-8-4-2-3-5-9(8)11/h2-5,7H,6H2,1H3. The van der Waals surface area contributed by atoms with Gasteiger partial charge in [0.1, 0.15) is 5.82 Å². The normalized spacial score (nSPS) is 13.0. The molecule has 0 spiro atoms. The van der Waals surface area contributed by atoms with Gasteiger partial charge in [0, 0.05) is 5.38 Å². The number of alkyl halides is 1. The van der Waals surface area contributed by atoms with Gasteiger partial charge in [-0.2, -0.15) is 0 Å². The van der Waals surface area contributed by atoms with Crippen LogP contribution in [0.15, 0.2) is 24.3 Å². The second-order valence-electron chi connectivity index (χ2n) is 2.58. The van der Waals surface area contributed by atoms with Gasteiger partial charge in [-0.3, -0.25) is 0 Å². The van der Waals surface area contributed by atoms with E-state index in [1.165, 1.54) is 6.07 Å². The first-order valence-corrected chi connectivity index (χ1v) is 4.01. The SMILES string of the molecule is CC(Cl)Cc1ccccc1F. The lowest BCUT2D eigenvalue weighted by molar-refractivity contribution is 0.608. The fourth-order valence-corrected chi connectivity index (χ4v) is 1.13. The predicted octanol–water partition coefficient (Wildman–Crippen LogP) is 3.00. The topological polar surface area (TPSA) is 0 Å². The molecule has 0 bridgehead atoms. The summed E-state index contributed by atoms with van der Waals surface area (Å²) in [5.74, 6) is -0.167. The summed E-state index contributed by atoms with van der Waals surface area (Å²) in [6.07, 6.45) is 0.591. The first kappa shape index (κ1) is 8.54. The number of halogens is 2. The van der Waals surface area contributed by atoms with Crippen LogP contribution in [0.25, 0.3) is 0 Å². The lowest BCUT2D eigenvalue weighted by Gasteiger charge is -2.03. The Balaban J connectivity index is 2.78. The van der Waals surface area contributed by atoms with Crippen molar-refractivity contribution in [1.82, 2.24) is 0 Å². The first-order valence-electron chi connectivity index (χ1n) is 3.57. The molecule has 0 aliphatic heterocycles. The van der Waals surface area contributed by atoms with Crippen LogP contribution in [0.4, 0.5) is 4.39 Å². The van der Waals surface area contributed by atoms with E-state index in [4.69, 9.17) is 11.6 Å². The van der Waals surface area contributed by atoms with E-state index in [-0.39, 0.29) is 11.2 Å². The van der Waals surface area contributed by atoms with Crippen LogP contribution in [0.3, 0.4) is 0 Å². The van der Waals surface area contributed by atoms with Crippen LogP contribution in [0.5, 0.6) is 0 Å². The molecule has 0 aromatic heterocycles. The molecule has 1 atom stereocenters. The van der Waals surface area contributed by atoms with Crippen molar-refractivity contribution in [2.24, 2.45) is 0 Å². The molecule has 1 aromatic carbocycles. The van der Waals surface area contributed by atoms with Gasteiger partial charge in [-0.1, -0.05) is 18.2 Å². The van der Waals surface area contributed by atoms with Crippen LogP contribution >= 0.6 is 11.6 Å². The molecule has 0 heterocycles. The molecule has 0 saturated carbocycles. The van der Waals surface area contributed by atoms with Gasteiger partial charge in [-0.25, -0.2) is 4.39 Å². The fourth-order valence-electron chi connectivity index (χ4n) is 0.967. The van der Waals surface area contributed by atoms with Gasteiger partial charge in [0.05, 0.1) is 0 Å². The second-order valence-corrected chi connectivity index (χ2v) is 3.32. The zero-order valence-corrected chi connectivity index (χ0v) is 7.11. The third-order valence-corrected chi connectivity index (χ3v) is 1.61. The highest BCUT2D eigenvalue weighted by molar-refractivity contribution is 6.20. The summed E-state index contributed by atoms with van der Waals surface area (Å²) >= 11 is 5.72. The van der Waals surface area contributed by atoms with Gasteiger partial charge in [0.15, 0.2) is 0 Å². The van der Waals surface area contributed by atoms with Crippen molar-refractivity contribution in [3.05, 3.63) is 35.6 Å². The van der Waals surface area contributed by atoms with E-state index in [9.17, 15) is 4.39 Å². The zero-order valence-electron chi connectivity index (χ0n) is 6.35. The van der Waals surface area contributed by atoms with E-state index >= 15 is 0 Å². The molecule has 1 aromatic rings.